The van der Waals surface area contributed by atoms with Crippen LogP contribution in [0.2, 0.25) is 0 Å². The van der Waals surface area contributed by atoms with Gasteiger partial charge < -0.3 is 4.74 Å². The summed E-state index contributed by atoms with van der Waals surface area (Å²) in [7, 11) is 1.92. The Morgan fingerprint density at radius 2 is 1.79 bits per heavy atom. The van der Waals surface area contributed by atoms with Crippen molar-refractivity contribution in [3.63, 3.8) is 0 Å². The number of rotatable bonds is 5. The monoisotopic (exact) mass is 387 g/mol. The maximum Gasteiger partial charge on any atom is 0.258 e. The molecule has 0 aliphatic heterocycles. The van der Waals surface area contributed by atoms with Gasteiger partial charge >= 0.3 is 0 Å². The highest BCUT2D eigenvalue weighted by atomic mass is 16.5. The summed E-state index contributed by atoms with van der Waals surface area (Å²) < 4.78 is 9.30. The van der Waals surface area contributed by atoms with Crippen molar-refractivity contribution < 1.29 is 4.74 Å². The van der Waals surface area contributed by atoms with E-state index < -0.39 is 0 Å². The van der Waals surface area contributed by atoms with Gasteiger partial charge in [-0.25, -0.2) is 0 Å². The fraction of sp³-hybridized carbons (Fsp3) is 0.250. The third kappa shape index (κ3) is 3.81. The predicted octanol–water partition coefficient (Wildman–Crippen LogP) is 4.74. The first-order valence-corrected chi connectivity index (χ1v) is 9.80. The number of hydrogen-bond donors (Lipinski definition) is 0. The van der Waals surface area contributed by atoms with Crippen LogP contribution in [0.5, 0.6) is 5.75 Å². The Hall–Kier alpha value is -3.34. The zero-order valence-electron chi connectivity index (χ0n) is 17.2. The molecule has 0 atom stereocenters. The van der Waals surface area contributed by atoms with Gasteiger partial charge in [0.25, 0.3) is 5.56 Å². The van der Waals surface area contributed by atoms with Gasteiger partial charge in [-0.1, -0.05) is 38.1 Å². The molecule has 0 radical (unpaired) electrons. The maximum atomic E-state index is 12.7. The number of hydrogen-bond acceptors (Lipinski definition) is 3. The van der Waals surface area contributed by atoms with Gasteiger partial charge in [-0.2, -0.15) is 5.10 Å². The van der Waals surface area contributed by atoms with Crippen LogP contribution in [0, 0.1) is 6.92 Å². The maximum absolute atomic E-state index is 12.7. The fourth-order valence-corrected chi connectivity index (χ4v) is 3.39. The molecular weight excluding hydrogens is 362 g/mol. The second kappa shape index (κ2) is 7.59. The zero-order valence-corrected chi connectivity index (χ0v) is 17.2. The molecule has 0 spiro atoms. The van der Waals surface area contributed by atoms with Crippen LogP contribution in [-0.4, -0.2) is 14.3 Å². The van der Waals surface area contributed by atoms with E-state index in [1.807, 2.05) is 42.9 Å². The van der Waals surface area contributed by atoms with E-state index in [1.54, 1.807) is 10.8 Å². The lowest BCUT2D eigenvalue weighted by molar-refractivity contribution is 0.305. The van der Waals surface area contributed by atoms with E-state index in [-0.39, 0.29) is 5.56 Å². The van der Waals surface area contributed by atoms with E-state index in [1.165, 1.54) is 11.6 Å². The van der Waals surface area contributed by atoms with E-state index in [2.05, 4.69) is 43.2 Å². The summed E-state index contributed by atoms with van der Waals surface area (Å²) in [4.78, 5) is 12.7. The summed E-state index contributed by atoms with van der Waals surface area (Å²) in [5, 5.41) is 5.50. The normalized spacial score (nSPS) is 11.3. The smallest absolute Gasteiger partial charge is 0.258 e. The van der Waals surface area contributed by atoms with Crippen molar-refractivity contribution in [1.29, 1.82) is 0 Å². The largest absolute Gasteiger partial charge is 0.489 e. The number of aryl methyl sites for hydroxylation is 2. The van der Waals surface area contributed by atoms with Gasteiger partial charge in [0.2, 0.25) is 0 Å². The van der Waals surface area contributed by atoms with Crippen LogP contribution in [0.3, 0.4) is 0 Å². The van der Waals surface area contributed by atoms with E-state index >= 15 is 0 Å². The quantitative estimate of drug-likeness (QED) is 0.497. The summed E-state index contributed by atoms with van der Waals surface area (Å²) >= 11 is 0. The first kappa shape index (κ1) is 19.0. The minimum absolute atomic E-state index is 0.126. The average Bonchev–Trinajstić information content (AvgIpc) is 3.00. The standard InChI is InChI=1S/C24H25N3O2/c1-16(2)19-7-5-18(6-8-19)15-29-21-11-12-27(24(28)14-21)20-9-10-23-22(13-20)17(3)26(4)25-23/h5-14,16H,15H2,1-4H3. The molecule has 0 aliphatic rings. The molecule has 5 heteroatoms. The first-order valence-electron chi connectivity index (χ1n) is 9.80. The molecular formula is C24H25N3O2. The van der Waals surface area contributed by atoms with E-state index in [4.69, 9.17) is 4.74 Å². The second-order valence-corrected chi connectivity index (χ2v) is 7.67. The van der Waals surface area contributed by atoms with Crippen molar-refractivity contribution in [1.82, 2.24) is 14.3 Å². The molecule has 4 aromatic rings. The molecule has 5 nitrogen and oxygen atoms in total. The topological polar surface area (TPSA) is 49.1 Å². The van der Waals surface area contributed by atoms with Crippen molar-refractivity contribution in [3.8, 4) is 11.4 Å². The number of nitrogens with zero attached hydrogens (tertiary/aromatic N) is 3. The lowest BCUT2D eigenvalue weighted by atomic mass is 10.0. The summed E-state index contributed by atoms with van der Waals surface area (Å²) in [6, 6.07) is 17.6. The molecule has 0 saturated carbocycles. The molecule has 0 bridgehead atoms. The van der Waals surface area contributed by atoms with E-state index in [0.29, 0.717) is 18.3 Å². The van der Waals surface area contributed by atoms with Crippen LogP contribution in [0.1, 0.15) is 36.6 Å². The van der Waals surface area contributed by atoms with Crippen molar-refractivity contribution in [3.05, 3.63) is 88.0 Å². The van der Waals surface area contributed by atoms with Gasteiger partial charge in [0.15, 0.2) is 0 Å². The molecule has 0 N–H and O–H groups in total. The Balaban J connectivity index is 1.53. The average molecular weight is 387 g/mol. The van der Waals surface area contributed by atoms with Gasteiger partial charge in [0, 0.05) is 36.1 Å². The molecule has 0 unspecified atom stereocenters. The molecule has 0 fully saturated rings. The van der Waals surface area contributed by atoms with Gasteiger partial charge in [-0.3, -0.25) is 14.0 Å². The van der Waals surface area contributed by atoms with Crippen LogP contribution in [0.15, 0.2) is 65.6 Å². The number of fused-ring (bicyclic) bond motifs is 1. The zero-order chi connectivity index (χ0) is 20.5. The molecule has 2 aromatic heterocycles. The second-order valence-electron chi connectivity index (χ2n) is 7.67. The summed E-state index contributed by atoms with van der Waals surface area (Å²) in [6.07, 6.45) is 1.76. The van der Waals surface area contributed by atoms with Gasteiger partial charge in [0.05, 0.1) is 5.52 Å². The number of pyridine rings is 1. The van der Waals surface area contributed by atoms with Gasteiger partial charge in [-0.15, -0.1) is 0 Å². The van der Waals surface area contributed by atoms with E-state index in [0.717, 1.165) is 27.8 Å². The Kier molecular flexibility index (Phi) is 4.97. The molecule has 0 aliphatic carbocycles. The Bertz CT molecular complexity index is 1220. The molecule has 2 heterocycles. The SMILES string of the molecule is Cc1c2cc(-n3ccc(OCc4ccc(C(C)C)cc4)cc3=O)ccc2nn1C. The molecule has 0 saturated heterocycles. The number of aromatic nitrogens is 3. The van der Waals surface area contributed by atoms with Crippen LogP contribution in [-0.2, 0) is 13.7 Å². The van der Waals surface area contributed by atoms with Crippen molar-refractivity contribution in [2.24, 2.45) is 7.05 Å². The minimum Gasteiger partial charge on any atom is -0.489 e. The third-order valence-electron chi connectivity index (χ3n) is 5.33. The number of benzene rings is 2. The molecule has 29 heavy (non-hydrogen) atoms. The Morgan fingerprint density at radius 1 is 1.03 bits per heavy atom. The molecule has 4 rings (SSSR count). The highest BCUT2D eigenvalue weighted by Crippen LogP contribution is 2.21. The summed E-state index contributed by atoms with van der Waals surface area (Å²) in [5.74, 6) is 1.07. The summed E-state index contributed by atoms with van der Waals surface area (Å²) in [6.45, 7) is 6.80. The lowest BCUT2D eigenvalue weighted by Gasteiger charge is -2.10. The van der Waals surface area contributed by atoms with Crippen LogP contribution in [0.4, 0.5) is 0 Å². The first-order chi connectivity index (χ1) is 13.9. The molecule has 148 valence electrons. The molecule has 0 amide bonds. The Labute approximate surface area is 170 Å². The van der Waals surface area contributed by atoms with Crippen molar-refractivity contribution >= 4 is 10.9 Å². The highest BCUT2D eigenvalue weighted by Gasteiger charge is 2.08. The molecule has 2 aromatic carbocycles. The van der Waals surface area contributed by atoms with Gasteiger partial charge in [-0.05, 0) is 48.2 Å². The lowest BCUT2D eigenvalue weighted by Crippen LogP contribution is -2.16. The minimum atomic E-state index is -0.126. The summed E-state index contributed by atoms with van der Waals surface area (Å²) in [5.41, 5.74) is 5.06. The third-order valence-corrected chi connectivity index (χ3v) is 5.33. The fourth-order valence-electron chi connectivity index (χ4n) is 3.39. The predicted molar refractivity (Wildman–Crippen MR) is 116 cm³/mol. The highest BCUT2D eigenvalue weighted by molar-refractivity contribution is 5.83. The number of ether oxygens (including phenoxy) is 1. The van der Waals surface area contributed by atoms with Crippen molar-refractivity contribution in [2.75, 3.05) is 0 Å². The van der Waals surface area contributed by atoms with Crippen molar-refractivity contribution in [2.45, 2.75) is 33.3 Å². The van der Waals surface area contributed by atoms with Crippen LogP contribution < -0.4 is 10.3 Å². The Morgan fingerprint density at radius 3 is 2.48 bits per heavy atom. The van der Waals surface area contributed by atoms with Crippen LogP contribution in [0.25, 0.3) is 16.6 Å². The van der Waals surface area contributed by atoms with Crippen LogP contribution >= 0.6 is 0 Å². The van der Waals surface area contributed by atoms with E-state index in [9.17, 15) is 4.79 Å². The van der Waals surface area contributed by atoms with Gasteiger partial charge in [0.1, 0.15) is 12.4 Å².